The number of hydrogen-bond donors (Lipinski definition) is 0. The van der Waals surface area contributed by atoms with Crippen LogP contribution in [0.4, 0.5) is 0 Å². The van der Waals surface area contributed by atoms with Crippen molar-refractivity contribution in [1.29, 1.82) is 0 Å². The fraction of sp³-hybridized carbons (Fsp3) is 0.444. The van der Waals surface area contributed by atoms with Crippen molar-refractivity contribution in [2.24, 2.45) is 0 Å². The van der Waals surface area contributed by atoms with E-state index in [-0.39, 0.29) is 5.91 Å². The van der Waals surface area contributed by atoms with E-state index in [1.54, 1.807) is 6.20 Å². The summed E-state index contributed by atoms with van der Waals surface area (Å²) in [5.74, 6) is 0.642. The van der Waals surface area contributed by atoms with Gasteiger partial charge in [-0.3, -0.25) is 9.69 Å². The van der Waals surface area contributed by atoms with Gasteiger partial charge in [0.2, 0.25) is 5.91 Å². The molecular formula is C18H23ClN4OS. The smallest absolute Gasteiger partial charge is 0.233 e. The normalized spacial score (nSPS) is 15.5. The minimum absolute atomic E-state index is 0.193. The second kappa shape index (κ2) is 8.74. The zero-order valence-corrected chi connectivity index (χ0v) is 16.0. The van der Waals surface area contributed by atoms with Crippen molar-refractivity contribution in [3.8, 4) is 0 Å². The van der Waals surface area contributed by atoms with Crippen molar-refractivity contribution in [1.82, 2.24) is 19.4 Å². The Hall–Kier alpha value is -1.50. The van der Waals surface area contributed by atoms with Gasteiger partial charge < -0.3 is 9.47 Å². The first kappa shape index (κ1) is 18.3. The molecule has 0 atom stereocenters. The molecule has 134 valence electrons. The lowest BCUT2D eigenvalue weighted by Gasteiger charge is -2.34. The third-order valence-corrected chi connectivity index (χ3v) is 5.59. The Morgan fingerprint density at radius 1 is 1.28 bits per heavy atom. The first-order valence-corrected chi connectivity index (χ1v) is 9.90. The first-order chi connectivity index (χ1) is 12.2. The highest BCUT2D eigenvalue weighted by Crippen LogP contribution is 2.18. The van der Waals surface area contributed by atoms with E-state index >= 15 is 0 Å². The molecule has 0 bridgehead atoms. The van der Waals surface area contributed by atoms with Crippen LogP contribution in [0, 0.1) is 0 Å². The van der Waals surface area contributed by atoms with Gasteiger partial charge in [0, 0.05) is 56.7 Å². The predicted molar refractivity (Wildman–Crippen MR) is 102 cm³/mol. The van der Waals surface area contributed by atoms with E-state index in [9.17, 15) is 4.79 Å². The second-order valence-electron chi connectivity index (χ2n) is 6.07. The van der Waals surface area contributed by atoms with Gasteiger partial charge in [-0.15, -0.1) is 0 Å². The van der Waals surface area contributed by atoms with Crippen molar-refractivity contribution in [2.45, 2.75) is 25.2 Å². The van der Waals surface area contributed by atoms with Gasteiger partial charge >= 0.3 is 0 Å². The molecule has 0 saturated carbocycles. The maximum atomic E-state index is 12.4. The van der Waals surface area contributed by atoms with E-state index in [1.807, 2.05) is 29.3 Å². The number of carbonyl (C=O) groups excluding carboxylic acids is 1. The molecule has 3 rings (SSSR count). The molecule has 7 heteroatoms. The van der Waals surface area contributed by atoms with E-state index in [0.29, 0.717) is 5.75 Å². The molecule has 0 unspecified atom stereocenters. The van der Waals surface area contributed by atoms with Crippen molar-refractivity contribution in [2.75, 3.05) is 31.9 Å². The number of benzene rings is 1. The molecule has 1 aromatic carbocycles. The Morgan fingerprint density at radius 2 is 2.08 bits per heavy atom. The van der Waals surface area contributed by atoms with Crippen LogP contribution in [-0.2, 0) is 17.9 Å². The first-order valence-electron chi connectivity index (χ1n) is 8.54. The van der Waals surface area contributed by atoms with Crippen LogP contribution in [0.25, 0.3) is 0 Å². The van der Waals surface area contributed by atoms with Crippen molar-refractivity contribution >= 4 is 29.3 Å². The molecule has 25 heavy (non-hydrogen) atoms. The third-order valence-electron chi connectivity index (χ3n) is 4.36. The summed E-state index contributed by atoms with van der Waals surface area (Å²) in [7, 11) is 0. The number of nitrogens with zero attached hydrogens (tertiary/aromatic N) is 4. The van der Waals surface area contributed by atoms with E-state index in [2.05, 4.69) is 27.4 Å². The highest BCUT2D eigenvalue weighted by molar-refractivity contribution is 7.99. The minimum Gasteiger partial charge on any atom is -0.339 e. The molecule has 1 aliphatic heterocycles. The monoisotopic (exact) mass is 378 g/mol. The van der Waals surface area contributed by atoms with Crippen molar-refractivity contribution < 1.29 is 4.79 Å². The van der Waals surface area contributed by atoms with Gasteiger partial charge in [-0.1, -0.05) is 35.5 Å². The summed E-state index contributed by atoms with van der Waals surface area (Å²) >= 11 is 7.56. The summed E-state index contributed by atoms with van der Waals surface area (Å²) in [4.78, 5) is 21.1. The number of hydrogen-bond acceptors (Lipinski definition) is 4. The number of rotatable bonds is 6. The van der Waals surface area contributed by atoms with Crippen LogP contribution in [0.3, 0.4) is 0 Å². The van der Waals surface area contributed by atoms with Gasteiger partial charge in [-0.25, -0.2) is 4.98 Å². The van der Waals surface area contributed by atoms with Crippen LogP contribution in [-0.4, -0.2) is 57.2 Å². The molecule has 1 amide bonds. The maximum absolute atomic E-state index is 12.4. The lowest BCUT2D eigenvalue weighted by atomic mass is 10.2. The molecule has 1 aromatic heterocycles. The van der Waals surface area contributed by atoms with Crippen LogP contribution < -0.4 is 0 Å². The minimum atomic E-state index is 0.193. The molecule has 0 N–H and O–H groups in total. The molecular weight excluding hydrogens is 356 g/mol. The highest BCUT2D eigenvalue weighted by atomic mass is 35.5. The predicted octanol–water partition coefficient (Wildman–Crippen LogP) is 2.99. The zero-order valence-electron chi connectivity index (χ0n) is 14.4. The van der Waals surface area contributed by atoms with Crippen LogP contribution in [0.5, 0.6) is 0 Å². The Kier molecular flexibility index (Phi) is 6.39. The molecule has 2 aromatic rings. The van der Waals surface area contributed by atoms with Gasteiger partial charge in [0.15, 0.2) is 5.16 Å². The average Bonchev–Trinajstić information content (AvgIpc) is 3.08. The number of carbonyl (C=O) groups is 1. The third kappa shape index (κ3) is 5.00. The van der Waals surface area contributed by atoms with Crippen molar-refractivity contribution in [3.05, 3.63) is 47.2 Å². The number of halogens is 1. The fourth-order valence-corrected chi connectivity index (χ4v) is 4.08. The number of imidazole rings is 1. The SMILES string of the molecule is CCn1ccnc1SCC(=O)N1CCN(Cc2cccc(Cl)c2)CC1. The van der Waals surface area contributed by atoms with Crippen molar-refractivity contribution in [3.63, 3.8) is 0 Å². The topological polar surface area (TPSA) is 41.4 Å². The van der Waals surface area contributed by atoms with Crippen LogP contribution in [0.1, 0.15) is 12.5 Å². The van der Waals surface area contributed by atoms with E-state index < -0.39 is 0 Å². The summed E-state index contributed by atoms with van der Waals surface area (Å²) in [5, 5.41) is 1.68. The van der Waals surface area contributed by atoms with Gasteiger partial charge in [0.05, 0.1) is 5.75 Å². The lowest BCUT2D eigenvalue weighted by Crippen LogP contribution is -2.48. The quantitative estimate of drug-likeness (QED) is 0.724. The number of aryl methyl sites for hydroxylation is 1. The summed E-state index contributed by atoms with van der Waals surface area (Å²) in [5.41, 5.74) is 1.22. The molecule has 0 radical (unpaired) electrons. The zero-order chi connectivity index (χ0) is 17.6. The van der Waals surface area contributed by atoms with E-state index in [4.69, 9.17) is 11.6 Å². The molecule has 1 fully saturated rings. The average molecular weight is 379 g/mol. The standard InChI is InChI=1S/C18H23ClN4OS/c1-2-22-7-6-20-18(22)25-14-17(24)23-10-8-21(9-11-23)13-15-4-3-5-16(19)12-15/h3-7,12H,2,8-11,13-14H2,1H3. The molecule has 0 spiro atoms. The highest BCUT2D eigenvalue weighted by Gasteiger charge is 2.21. The summed E-state index contributed by atoms with van der Waals surface area (Å²) in [6.07, 6.45) is 3.73. The Bertz CT molecular complexity index is 713. The van der Waals surface area contributed by atoms with Gasteiger partial charge in [0.1, 0.15) is 0 Å². The Balaban J connectivity index is 1.44. The Labute approximate surface area is 158 Å². The van der Waals surface area contributed by atoms with Crippen LogP contribution in [0.2, 0.25) is 5.02 Å². The van der Waals surface area contributed by atoms with Crippen LogP contribution >= 0.6 is 23.4 Å². The lowest BCUT2D eigenvalue weighted by molar-refractivity contribution is -0.130. The number of aromatic nitrogens is 2. The Morgan fingerprint density at radius 3 is 2.80 bits per heavy atom. The second-order valence-corrected chi connectivity index (χ2v) is 7.45. The van der Waals surface area contributed by atoms with E-state index in [1.165, 1.54) is 17.3 Å². The number of amides is 1. The van der Waals surface area contributed by atoms with Gasteiger partial charge in [-0.2, -0.15) is 0 Å². The maximum Gasteiger partial charge on any atom is 0.233 e. The van der Waals surface area contributed by atoms with Gasteiger partial charge in [0.25, 0.3) is 0 Å². The molecule has 0 aliphatic carbocycles. The van der Waals surface area contributed by atoms with Crippen LogP contribution in [0.15, 0.2) is 41.8 Å². The molecule has 2 heterocycles. The number of thioether (sulfide) groups is 1. The summed E-state index contributed by atoms with van der Waals surface area (Å²) < 4.78 is 2.06. The largest absolute Gasteiger partial charge is 0.339 e. The summed E-state index contributed by atoms with van der Waals surface area (Å²) in [6, 6.07) is 7.97. The summed E-state index contributed by atoms with van der Waals surface area (Å²) in [6.45, 7) is 7.18. The molecule has 1 saturated heterocycles. The molecule has 1 aliphatic rings. The fourth-order valence-electron chi connectivity index (χ4n) is 2.94. The van der Waals surface area contributed by atoms with E-state index in [0.717, 1.165) is 49.4 Å². The number of piperazine rings is 1. The molecule has 5 nitrogen and oxygen atoms in total. The van der Waals surface area contributed by atoms with Gasteiger partial charge in [-0.05, 0) is 24.6 Å².